The first-order valence-corrected chi connectivity index (χ1v) is 6.05. The van der Waals surface area contributed by atoms with Crippen LogP contribution in [0.1, 0.15) is 12.8 Å². The van der Waals surface area contributed by atoms with Gasteiger partial charge in [-0.2, -0.15) is 0 Å². The highest BCUT2D eigenvalue weighted by Crippen LogP contribution is 2.45. The fraction of sp³-hybridized carbons (Fsp3) is 0.333. The SMILES string of the molecule is O=C(NCC1(C(=O)O)CC1)Nc1c(F)cccc1Cl. The van der Waals surface area contributed by atoms with Gasteiger partial charge in [-0.05, 0) is 25.0 Å². The summed E-state index contributed by atoms with van der Waals surface area (Å²) in [5.41, 5.74) is -0.988. The third kappa shape index (κ3) is 2.96. The van der Waals surface area contributed by atoms with Crippen molar-refractivity contribution in [2.45, 2.75) is 12.8 Å². The third-order valence-electron chi connectivity index (χ3n) is 3.10. The molecule has 0 saturated heterocycles. The zero-order valence-corrected chi connectivity index (χ0v) is 10.6. The quantitative estimate of drug-likeness (QED) is 0.795. The van der Waals surface area contributed by atoms with E-state index >= 15 is 0 Å². The lowest BCUT2D eigenvalue weighted by Crippen LogP contribution is -2.37. The zero-order valence-electron chi connectivity index (χ0n) is 9.87. The molecule has 102 valence electrons. The Morgan fingerprint density at radius 3 is 2.63 bits per heavy atom. The molecule has 0 heterocycles. The normalized spacial score (nSPS) is 15.7. The molecule has 3 N–H and O–H groups in total. The van der Waals surface area contributed by atoms with E-state index in [1.54, 1.807) is 0 Å². The van der Waals surface area contributed by atoms with Crippen molar-refractivity contribution in [3.8, 4) is 0 Å². The molecule has 1 aliphatic rings. The number of hydrogen-bond acceptors (Lipinski definition) is 2. The van der Waals surface area contributed by atoms with Gasteiger partial charge in [0.05, 0.1) is 16.1 Å². The number of halogens is 2. The van der Waals surface area contributed by atoms with Crippen LogP contribution in [0.15, 0.2) is 18.2 Å². The molecule has 1 aromatic carbocycles. The highest BCUT2D eigenvalue weighted by molar-refractivity contribution is 6.33. The van der Waals surface area contributed by atoms with E-state index in [0.717, 1.165) is 0 Å². The molecule has 2 rings (SSSR count). The number of rotatable bonds is 4. The van der Waals surface area contributed by atoms with Gasteiger partial charge in [-0.3, -0.25) is 4.79 Å². The van der Waals surface area contributed by atoms with E-state index in [0.29, 0.717) is 12.8 Å². The molecule has 1 fully saturated rings. The van der Waals surface area contributed by atoms with Crippen molar-refractivity contribution in [2.75, 3.05) is 11.9 Å². The van der Waals surface area contributed by atoms with Crippen LogP contribution in [0.3, 0.4) is 0 Å². The van der Waals surface area contributed by atoms with E-state index in [4.69, 9.17) is 16.7 Å². The number of carbonyl (C=O) groups excluding carboxylic acids is 1. The maximum atomic E-state index is 13.4. The number of nitrogens with one attached hydrogen (secondary N) is 2. The van der Waals surface area contributed by atoms with Gasteiger partial charge in [-0.25, -0.2) is 9.18 Å². The Kier molecular flexibility index (Phi) is 3.61. The van der Waals surface area contributed by atoms with Crippen LogP contribution >= 0.6 is 11.6 Å². The van der Waals surface area contributed by atoms with Crippen LogP contribution in [0.5, 0.6) is 0 Å². The Hall–Kier alpha value is -1.82. The Bertz CT molecular complexity index is 511. The molecule has 0 aromatic heterocycles. The summed E-state index contributed by atoms with van der Waals surface area (Å²) in [7, 11) is 0. The number of amides is 2. The number of carbonyl (C=O) groups is 2. The van der Waals surface area contributed by atoms with Crippen LogP contribution < -0.4 is 10.6 Å². The minimum Gasteiger partial charge on any atom is -0.481 e. The highest BCUT2D eigenvalue weighted by atomic mass is 35.5. The molecule has 19 heavy (non-hydrogen) atoms. The van der Waals surface area contributed by atoms with Crippen molar-refractivity contribution < 1.29 is 19.1 Å². The third-order valence-corrected chi connectivity index (χ3v) is 3.41. The van der Waals surface area contributed by atoms with Crippen LogP contribution in [0, 0.1) is 11.2 Å². The topological polar surface area (TPSA) is 78.4 Å². The lowest BCUT2D eigenvalue weighted by atomic mass is 10.1. The van der Waals surface area contributed by atoms with Crippen molar-refractivity contribution in [3.63, 3.8) is 0 Å². The molecule has 0 unspecified atom stereocenters. The first-order chi connectivity index (χ1) is 8.94. The number of carboxylic acids is 1. The first kappa shape index (κ1) is 13.6. The molecule has 7 heteroatoms. The Labute approximate surface area is 113 Å². The molecule has 0 bridgehead atoms. The molecule has 0 spiro atoms. The van der Waals surface area contributed by atoms with Crippen molar-refractivity contribution >= 4 is 29.3 Å². The molecule has 2 amide bonds. The van der Waals surface area contributed by atoms with Gasteiger partial charge in [0.2, 0.25) is 0 Å². The molecule has 0 aliphatic heterocycles. The van der Waals surface area contributed by atoms with Crippen molar-refractivity contribution in [2.24, 2.45) is 5.41 Å². The van der Waals surface area contributed by atoms with Crippen LogP contribution in [0.4, 0.5) is 14.9 Å². The number of urea groups is 1. The largest absolute Gasteiger partial charge is 0.481 e. The molecule has 0 radical (unpaired) electrons. The summed E-state index contributed by atoms with van der Waals surface area (Å²) in [5.74, 6) is -1.58. The van der Waals surface area contributed by atoms with Gasteiger partial charge in [-0.15, -0.1) is 0 Å². The van der Waals surface area contributed by atoms with E-state index in [-0.39, 0.29) is 17.3 Å². The van der Waals surface area contributed by atoms with Gasteiger partial charge >= 0.3 is 12.0 Å². The van der Waals surface area contributed by atoms with Gasteiger partial charge in [0.1, 0.15) is 5.82 Å². The van der Waals surface area contributed by atoms with Crippen molar-refractivity contribution in [1.29, 1.82) is 0 Å². The average molecular weight is 287 g/mol. The maximum absolute atomic E-state index is 13.4. The maximum Gasteiger partial charge on any atom is 0.319 e. The summed E-state index contributed by atoms with van der Waals surface area (Å²) in [4.78, 5) is 22.5. The monoisotopic (exact) mass is 286 g/mol. The number of anilines is 1. The smallest absolute Gasteiger partial charge is 0.319 e. The molecule has 1 aromatic rings. The van der Waals surface area contributed by atoms with Crippen LogP contribution in [0.2, 0.25) is 5.02 Å². The van der Waals surface area contributed by atoms with Crippen molar-refractivity contribution in [1.82, 2.24) is 5.32 Å². The fourth-order valence-electron chi connectivity index (χ4n) is 1.64. The molecule has 1 saturated carbocycles. The van der Waals surface area contributed by atoms with E-state index in [1.807, 2.05) is 0 Å². The van der Waals surface area contributed by atoms with Gasteiger partial charge in [0, 0.05) is 6.54 Å². The Morgan fingerprint density at radius 2 is 2.11 bits per heavy atom. The van der Waals surface area contributed by atoms with Crippen LogP contribution in [-0.4, -0.2) is 23.7 Å². The molecular weight excluding hydrogens is 275 g/mol. The molecule has 5 nitrogen and oxygen atoms in total. The number of carboxylic acid groups (broad SMARTS) is 1. The van der Waals surface area contributed by atoms with Crippen LogP contribution in [0.25, 0.3) is 0 Å². The first-order valence-electron chi connectivity index (χ1n) is 5.67. The highest BCUT2D eigenvalue weighted by Gasteiger charge is 2.50. The second-order valence-electron chi connectivity index (χ2n) is 4.49. The summed E-state index contributed by atoms with van der Waals surface area (Å²) < 4.78 is 13.4. The predicted octanol–water partition coefficient (Wildman–Crippen LogP) is 2.47. The van der Waals surface area contributed by atoms with E-state index in [1.165, 1.54) is 18.2 Å². The van der Waals surface area contributed by atoms with Gasteiger partial charge < -0.3 is 15.7 Å². The van der Waals surface area contributed by atoms with Gasteiger partial charge in [-0.1, -0.05) is 17.7 Å². The lowest BCUT2D eigenvalue weighted by molar-refractivity contribution is -0.143. The van der Waals surface area contributed by atoms with Crippen molar-refractivity contribution in [3.05, 3.63) is 29.0 Å². The Morgan fingerprint density at radius 1 is 1.42 bits per heavy atom. The van der Waals surface area contributed by atoms with E-state index in [2.05, 4.69) is 10.6 Å². The van der Waals surface area contributed by atoms with Gasteiger partial charge in [0.25, 0.3) is 0 Å². The second-order valence-corrected chi connectivity index (χ2v) is 4.90. The van der Waals surface area contributed by atoms with E-state index < -0.39 is 23.2 Å². The second kappa shape index (κ2) is 5.05. The zero-order chi connectivity index (χ0) is 14.0. The number of para-hydroxylation sites is 1. The fourth-order valence-corrected chi connectivity index (χ4v) is 1.85. The summed E-state index contributed by atoms with van der Waals surface area (Å²) in [5, 5.41) is 13.7. The minimum absolute atomic E-state index is 0.0141. The summed E-state index contributed by atoms with van der Waals surface area (Å²) >= 11 is 5.75. The van der Waals surface area contributed by atoms with E-state index in [9.17, 15) is 14.0 Å². The number of aliphatic carboxylic acids is 1. The lowest BCUT2D eigenvalue weighted by Gasteiger charge is -2.13. The van der Waals surface area contributed by atoms with Crippen LogP contribution in [-0.2, 0) is 4.79 Å². The predicted molar refractivity (Wildman–Crippen MR) is 67.7 cm³/mol. The molecule has 0 atom stereocenters. The Balaban J connectivity index is 1.93. The summed E-state index contributed by atoms with van der Waals surface area (Å²) in [6.07, 6.45) is 1.06. The number of benzene rings is 1. The standard InChI is InChI=1S/C12H12ClFN2O3/c13-7-2-1-3-8(14)9(7)16-11(19)15-6-12(4-5-12)10(17)18/h1-3H,4-6H2,(H,17,18)(H2,15,16,19). The number of hydrogen-bond donors (Lipinski definition) is 3. The average Bonchev–Trinajstić information content (AvgIpc) is 3.13. The molecular formula is C12H12ClFN2O3. The molecule has 1 aliphatic carbocycles. The summed E-state index contributed by atoms with van der Waals surface area (Å²) in [6, 6.07) is 3.35. The van der Waals surface area contributed by atoms with Gasteiger partial charge in [0.15, 0.2) is 0 Å². The minimum atomic E-state index is -0.934. The summed E-state index contributed by atoms with van der Waals surface area (Å²) in [6.45, 7) is 0.0141.